The fraction of sp³-hybridized carbons (Fsp3) is 0.235. The molecule has 1 heterocycles. The number of hydrogen-bond donors (Lipinski definition) is 1. The van der Waals surface area contributed by atoms with E-state index in [1.54, 1.807) is 0 Å². The van der Waals surface area contributed by atoms with Crippen molar-refractivity contribution in [3.05, 3.63) is 54.6 Å². The van der Waals surface area contributed by atoms with Crippen LogP contribution in [0.2, 0.25) is 0 Å². The zero-order valence-corrected chi connectivity index (χ0v) is 12.1. The van der Waals surface area contributed by atoms with E-state index in [1.807, 2.05) is 54.6 Å². The third kappa shape index (κ3) is 3.77. The lowest BCUT2D eigenvalue weighted by Gasteiger charge is -2.10. The SMILES string of the molecule is O=C(Nc1ccc(N=Nc2ccccc2)cc1)[C@@H]1CCCO1. The van der Waals surface area contributed by atoms with Gasteiger partial charge in [-0.2, -0.15) is 10.2 Å². The summed E-state index contributed by atoms with van der Waals surface area (Å²) >= 11 is 0. The van der Waals surface area contributed by atoms with Crippen LogP contribution in [0.3, 0.4) is 0 Å². The van der Waals surface area contributed by atoms with E-state index < -0.39 is 0 Å². The molecule has 5 heteroatoms. The molecule has 5 nitrogen and oxygen atoms in total. The maximum Gasteiger partial charge on any atom is 0.253 e. The Morgan fingerprint density at radius 3 is 2.32 bits per heavy atom. The molecule has 2 aromatic carbocycles. The molecule has 1 saturated heterocycles. The van der Waals surface area contributed by atoms with Gasteiger partial charge in [-0.1, -0.05) is 18.2 Å². The van der Waals surface area contributed by atoms with Crippen molar-refractivity contribution in [3.63, 3.8) is 0 Å². The molecule has 0 spiro atoms. The minimum Gasteiger partial charge on any atom is -0.368 e. The Bertz CT molecular complexity index is 647. The minimum atomic E-state index is -0.322. The summed E-state index contributed by atoms with van der Waals surface area (Å²) in [6.45, 7) is 0.664. The molecule has 0 saturated carbocycles. The van der Waals surface area contributed by atoms with Crippen LogP contribution in [0.1, 0.15) is 12.8 Å². The van der Waals surface area contributed by atoms with Crippen molar-refractivity contribution in [1.82, 2.24) is 0 Å². The molecule has 1 fully saturated rings. The summed E-state index contributed by atoms with van der Waals surface area (Å²) in [5, 5.41) is 11.2. The van der Waals surface area contributed by atoms with Gasteiger partial charge in [-0.15, -0.1) is 0 Å². The number of benzene rings is 2. The predicted molar refractivity (Wildman–Crippen MR) is 84.7 cm³/mol. The third-order valence-corrected chi connectivity index (χ3v) is 3.39. The normalized spacial score (nSPS) is 17.7. The molecule has 3 rings (SSSR count). The van der Waals surface area contributed by atoms with Crippen LogP contribution in [0.25, 0.3) is 0 Å². The van der Waals surface area contributed by atoms with Crippen LogP contribution in [0.5, 0.6) is 0 Å². The summed E-state index contributed by atoms with van der Waals surface area (Å²) in [5.74, 6) is -0.0869. The number of rotatable bonds is 4. The van der Waals surface area contributed by atoms with Crippen LogP contribution in [0, 0.1) is 0 Å². The Kier molecular flexibility index (Phi) is 4.56. The molecule has 0 unspecified atom stereocenters. The summed E-state index contributed by atoms with van der Waals surface area (Å²) in [6.07, 6.45) is 1.41. The highest BCUT2D eigenvalue weighted by molar-refractivity contribution is 5.94. The monoisotopic (exact) mass is 295 g/mol. The van der Waals surface area contributed by atoms with Crippen molar-refractivity contribution < 1.29 is 9.53 Å². The molecule has 1 atom stereocenters. The lowest BCUT2D eigenvalue weighted by Crippen LogP contribution is -2.26. The van der Waals surface area contributed by atoms with E-state index in [-0.39, 0.29) is 12.0 Å². The van der Waals surface area contributed by atoms with Gasteiger partial charge in [0.05, 0.1) is 11.4 Å². The largest absolute Gasteiger partial charge is 0.368 e. The summed E-state index contributed by atoms with van der Waals surface area (Å²) in [6, 6.07) is 16.8. The molecule has 1 N–H and O–H groups in total. The van der Waals surface area contributed by atoms with Gasteiger partial charge < -0.3 is 10.1 Å². The van der Waals surface area contributed by atoms with Gasteiger partial charge in [0.25, 0.3) is 5.91 Å². The molecule has 22 heavy (non-hydrogen) atoms. The molecule has 0 aromatic heterocycles. The minimum absolute atomic E-state index is 0.0869. The Morgan fingerprint density at radius 1 is 1.00 bits per heavy atom. The van der Waals surface area contributed by atoms with Gasteiger partial charge in [-0.3, -0.25) is 4.79 Å². The standard InChI is InChI=1S/C17H17N3O2/c21-17(16-7-4-12-22-16)18-13-8-10-15(11-9-13)20-19-14-5-2-1-3-6-14/h1-3,5-6,8-11,16H,4,7,12H2,(H,18,21)/t16-/m0/s1. The number of ether oxygens (including phenoxy) is 1. The highest BCUT2D eigenvalue weighted by Crippen LogP contribution is 2.21. The molecule has 0 radical (unpaired) electrons. The molecule has 1 aliphatic heterocycles. The van der Waals surface area contributed by atoms with Crippen LogP contribution in [-0.4, -0.2) is 18.6 Å². The summed E-state index contributed by atoms with van der Waals surface area (Å²) in [7, 11) is 0. The van der Waals surface area contributed by atoms with Gasteiger partial charge in [0.1, 0.15) is 6.10 Å². The van der Waals surface area contributed by atoms with Crippen LogP contribution in [0.4, 0.5) is 17.1 Å². The average molecular weight is 295 g/mol. The summed E-state index contributed by atoms with van der Waals surface area (Å²) in [4.78, 5) is 11.9. The molecule has 0 bridgehead atoms. The highest BCUT2D eigenvalue weighted by Gasteiger charge is 2.23. The van der Waals surface area contributed by atoms with Crippen molar-refractivity contribution in [2.45, 2.75) is 18.9 Å². The van der Waals surface area contributed by atoms with Crippen LogP contribution in [0.15, 0.2) is 64.8 Å². The first kappa shape index (κ1) is 14.4. The van der Waals surface area contributed by atoms with Crippen molar-refractivity contribution in [2.75, 3.05) is 11.9 Å². The molecule has 112 valence electrons. The molecular weight excluding hydrogens is 278 g/mol. The molecule has 2 aromatic rings. The van der Waals surface area contributed by atoms with Crippen LogP contribution >= 0.6 is 0 Å². The number of hydrogen-bond acceptors (Lipinski definition) is 4. The molecule has 1 amide bonds. The number of azo groups is 1. The summed E-state index contributed by atoms with van der Waals surface area (Å²) < 4.78 is 5.35. The van der Waals surface area contributed by atoms with Gasteiger partial charge >= 0.3 is 0 Å². The Labute approximate surface area is 129 Å². The maximum atomic E-state index is 11.9. The third-order valence-electron chi connectivity index (χ3n) is 3.39. The fourth-order valence-corrected chi connectivity index (χ4v) is 2.23. The molecular formula is C17H17N3O2. The predicted octanol–water partition coefficient (Wildman–Crippen LogP) is 4.22. The Morgan fingerprint density at radius 2 is 1.68 bits per heavy atom. The van der Waals surface area contributed by atoms with Gasteiger partial charge in [-0.05, 0) is 49.2 Å². The second-order valence-electron chi connectivity index (χ2n) is 5.07. The Balaban J connectivity index is 1.60. The van der Waals surface area contributed by atoms with E-state index >= 15 is 0 Å². The first-order chi connectivity index (χ1) is 10.8. The topological polar surface area (TPSA) is 63.0 Å². The van der Waals surface area contributed by atoms with Crippen molar-refractivity contribution >= 4 is 23.0 Å². The zero-order chi connectivity index (χ0) is 15.2. The van der Waals surface area contributed by atoms with Crippen LogP contribution in [-0.2, 0) is 9.53 Å². The van der Waals surface area contributed by atoms with E-state index in [9.17, 15) is 4.79 Å². The lowest BCUT2D eigenvalue weighted by atomic mass is 10.2. The number of carbonyl (C=O) groups excluding carboxylic acids is 1. The Hall–Kier alpha value is -2.53. The maximum absolute atomic E-state index is 11.9. The van der Waals surface area contributed by atoms with E-state index in [1.165, 1.54) is 0 Å². The van der Waals surface area contributed by atoms with Crippen molar-refractivity contribution in [3.8, 4) is 0 Å². The number of nitrogens with one attached hydrogen (secondary N) is 1. The van der Waals surface area contributed by atoms with Crippen molar-refractivity contribution in [2.24, 2.45) is 10.2 Å². The number of amides is 1. The van der Waals surface area contributed by atoms with E-state index in [0.29, 0.717) is 6.61 Å². The fourth-order valence-electron chi connectivity index (χ4n) is 2.23. The van der Waals surface area contributed by atoms with E-state index in [2.05, 4.69) is 15.5 Å². The van der Waals surface area contributed by atoms with Gasteiger partial charge in [-0.25, -0.2) is 0 Å². The number of anilines is 1. The first-order valence-electron chi connectivity index (χ1n) is 7.30. The second kappa shape index (κ2) is 6.95. The first-order valence-corrected chi connectivity index (χ1v) is 7.30. The lowest BCUT2D eigenvalue weighted by molar-refractivity contribution is -0.124. The molecule has 0 aliphatic carbocycles. The molecule has 1 aliphatic rings. The number of carbonyl (C=O) groups is 1. The zero-order valence-electron chi connectivity index (χ0n) is 12.1. The van der Waals surface area contributed by atoms with Gasteiger partial charge in [0.2, 0.25) is 0 Å². The van der Waals surface area contributed by atoms with E-state index in [0.717, 1.165) is 29.9 Å². The number of nitrogens with zero attached hydrogens (tertiary/aromatic N) is 2. The van der Waals surface area contributed by atoms with E-state index in [4.69, 9.17) is 4.74 Å². The quantitative estimate of drug-likeness (QED) is 0.858. The highest BCUT2D eigenvalue weighted by atomic mass is 16.5. The smallest absolute Gasteiger partial charge is 0.253 e. The van der Waals surface area contributed by atoms with Crippen LogP contribution < -0.4 is 5.32 Å². The summed E-state index contributed by atoms with van der Waals surface area (Å²) in [5.41, 5.74) is 2.27. The second-order valence-corrected chi connectivity index (χ2v) is 5.07. The average Bonchev–Trinajstić information content (AvgIpc) is 3.10. The van der Waals surface area contributed by atoms with Crippen molar-refractivity contribution in [1.29, 1.82) is 0 Å². The van der Waals surface area contributed by atoms with Gasteiger partial charge in [0.15, 0.2) is 0 Å². The van der Waals surface area contributed by atoms with Gasteiger partial charge in [0, 0.05) is 12.3 Å².